The Hall–Kier alpha value is -0.810. The summed E-state index contributed by atoms with van der Waals surface area (Å²) in [6.07, 6.45) is -0.0617. The summed E-state index contributed by atoms with van der Waals surface area (Å²) in [5.41, 5.74) is 3.70. The van der Waals surface area contributed by atoms with Crippen molar-refractivity contribution in [2.45, 2.75) is 6.17 Å². The quantitative estimate of drug-likeness (QED) is 0.465. The highest BCUT2D eigenvalue weighted by Gasteiger charge is 2.13. The van der Waals surface area contributed by atoms with Gasteiger partial charge >= 0.3 is 0 Å². The van der Waals surface area contributed by atoms with Crippen molar-refractivity contribution in [1.29, 1.82) is 0 Å². The minimum atomic E-state index is -0.0617. The first-order valence-electron chi connectivity index (χ1n) is 4.56. The Kier molecular flexibility index (Phi) is 4.35. The van der Waals surface area contributed by atoms with Crippen LogP contribution in [0.1, 0.15) is 11.7 Å². The van der Waals surface area contributed by atoms with Crippen LogP contribution in [0.4, 0.5) is 0 Å². The van der Waals surface area contributed by atoms with Crippen LogP contribution in [-0.4, -0.2) is 26.1 Å². The molecule has 0 saturated heterocycles. The molecular weight excluding hydrogens is 214 g/mol. The van der Waals surface area contributed by atoms with Crippen molar-refractivity contribution < 1.29 is 4.74 Å². The average Bonchev–Trinajstić information content (AvgIpc) is 2.18. The maximum atomic E-state index is 6.02. The van der Waals surface area contributed by atoms with Gasteiger partial charge in [0.05, 0.1) is 18.3 Å². The first-order chi connectivity index (χ1) is 7.10. The molecular formula is C10H16ClN3O. The zero-order valence-electron chi connectivity index (χ0n) is 9.12. The molecule has 0 fully saturated rings. The summed E-state index contributed by atoms with van der Waals surface area (Å²) in [4.78, 5) is 1.96. The first-order valence-corrected chi connectivity index (χ1v) is 4.94. The lowest BCUT2D eigenvalue weighted by molar-refractivity contribution is 0.253. The molecule has 1 aromatic carbocycles. The fourth-order valence-corrected chi connectivity index (χ4v) is 1.66. The van der Waals surface area contributed by atoms with Crippen LogP contribution in [-0.2, 0) is 0 Å². The molecule has 0 spiro atoms. The lowest BCUT2D eigenvalue weighted by Crippen LogP contribution is -2.37. The van der Waals surface area contributed by atoms with Gasteiger partial charge in [0.25, 0.3) is 0 Å². The lowest BCUT2D eigenvalue weighted by atomic mass is 10.1. The number of ether oxygens (including phenoxy) is 1. The van der Waals surface area contributed by atoms with Crippen LogP contribution < -0.4 is 16.0 Å². The molecule has 1 atom stereocenters. The number of nitrogens with two attached hydrogens (primary N) is 1. The van der Waals surface area contributed by atoms with Crippen LogP contribution in [0.25, 0.3) is 0 Å². The fraction of sp³-hybridized carbons (Fsp3) is 0.400. The van der Waals surface area contributed by atoms with Gasteiger partial charge in [-0.2, -0.15) is 0 Å². The number of benzene rings is 1. The Labute approximate surface area is 94.9 Å². The molecule has 1 aromatic rings. The average molecular weight is 230 g/mol. The van der Waals surface area contributed by atoms with E-state index >= 15 is 0 Å². The van der Waals surface area contributed by atoms with Crippen molar-refractivity contribution in [2.24, 2.45) is 5.84 Å². The molecule has 0 aliphatic rings. The predicted octanol–water partition coefficient (Wildman–Crippen LogP) is 1.37. The normalized spacial score (nSPS) is 12.9. The van der Waals surface area contributed by atoms with Crippen molar-refractivity contribution in [2.75, 3.05) is 21.2 Å². The molecule has 1 rings (SSSR count). The van der Waals surface area contributed by atoms with Crippen LogP contribution in [0.3, 0.4) is 0 Å². The van der Waals surface area contributed by atoms with Crippen molar-refractivity contribution in [3.05, 3.63) is 28.8 Å². The molecule has 1 unspecified atom stereocenters. The topological polar surface area (TPSA) is 50.5 Å². The van der Waals surface area contributed by atoms with Gasteiger partial charge in [-0.15, -0.1) is 0 Å². The molecule has 5 heteroatoms. The molecule has 3 N–H and O–H groups in total. The van der Waals surface area contributed by atoms with E-state index in [0.29, 0.717) is 10.8 Å². The van der Waals surface area contributed by atoms with Gasteiger partial charge in [0, 0.05) is 0 Å². The lowest BCUT2D eigenvalue weighted by Gasteiger charge is -2.24. The van der Waals surface area contributed by atoms with E-state index in [9.17, 15) is 0 Å². The van der Waals surface area contributed by atoms with E-state index in [1.165, 1.54) is 0 Å². The third-order valence-corrected chi connectivity index (χ3v) is 2.46. The molecule has 84 valence electrons. The van der Waals surface area contributed by atoms with Crippen molar-refractivity contribution in [1.82, 2.24) is 10.3 Å². The van der Waals surface area contributed by atoms with Crippen molar-refractivity contribution in [3.8, 4) is 5.75 Å². The van der Waals surface area contributed by atoms with E-state index in [1.807, 2.05) is 37.2 Å². The molecule has 0 aromatic heterocycles. The molecule has 0 saturated carbocycles. The van der Waals surface area contributed by atoms with Gasteiger partial charge in [-0.25, -0.2) is 5.43 Å². The van der Waals surface area contributed by atoms with Crippen molar-refractivity contribution >= 4 is 11.6 Å². The SMILES string of the molecule is COc1ccc(C(NN)N(C)C)cc1Cl. The molecule has 0 radical (unpaired) electrons. The Balaban J connectivity index is 3.00. The summed E-state index contributed by atoms with van der Waals surface area (Å²) in [6.45, 7) is 0. The number of hydrogen-bond donors (Lipinski definition) is 2. The monoisotopic (exact) mass is 229 g/mol. The van der Waals surface area contributed by atoms with E-state index in [-0.39, 0.29) is 6.17 Å². The zero-order chi connectivity index (χ0) is 11.4. The van der Waals surface area contributed by atoms with Crippen molar-refractivity contribution in [3.63, 3.8) is 0 Å². The molecule has 0 amide bonds. The summed E-state index contributed by atoms with van der Waals surface area (Å²) in [6, 6.07) is 5.59. The van der Waals surface area contributed by atoms with E-state index in [1.54, 1.807) is 7.11 Å². The summed E-state index contributed by atoms with van der Waals surface area (Å²) < 4.78 is 5.08. The minimum Gasteiger partial charge on any atom is -0.495 e. The van der Waals surface area contributed by atoms with Crippen LogP contribution in [0.15, 0.2) is 18.2 Å². The smallest absolute Gasteiger partial charge is 0.137 e. The molecule has 15 heavy (non-hydrogen) atoms. The number of rotatable bonds is 4. The van der Waals surface area contributed by atoms with E-state index in [2.05, 4.69) is 5.43 Å². The molecule has 0 bridgehead atoms. The van der Waals surface area contributed by atoms with Gasteiger partial charge in [0.15, 0.2) is 0 Å². The third-order valence-electron chi connectivity index (χ3n) is 2.17. The van der Waals surface area contributed by atoms with Crippen LogP contribution >= 0.6 is 11.6 Å². The minimum absolute atomic E-state index is 0.0617. The Morgan fingerprint density at radius 3 is 2.53 bits per heavy atom. The second kappa shape index (κ2) is 5.32. The summed E-state index contributed by atoms with van der Waals surface area (Å²) in [7, 11) is 5.46. The van der Waals surface area contributed by atoms with Gasteiger partial charge in [0.1, 0.15) is 5.75 Å². The third kappa shape index (κ3) is 2.82. The highest BCUT2D eigenvalue weighted by molar-refractivity contribution is 6.32. The van der Waals surface area contributed by atoms with Gasteiger partial charge in [0.2, 0.25) is 0 Å². The van der Waals surface area contributed by atoms with Crippen LogP contribution in [0, 0.1) is 0 Å². The molecule has 0 aliphatic carbocycles. The second-order valence-corrected chi connectivity index (χ2v) is 3.83. The standard InChI is InChI=1S/C10H16ClN3O/c1-14(2)10(13-12)7-4-5-9(15-3)8(11)6-7/h4-6,10,13H,12H2,1-3H3. The highest BCUT2D eigenvalue weighted by Crippen LogP contribution is 2.27. The summed E-state index contributed by atoms with van der Waals surface area (Å²) >= 11 is 6.02. The number of hydrogen-bond acceptors (Lipinski definition) is 4. The number of hydrazine groups is 1. The number of methoxy groups -OCH3 is 1. The van der Waals surface area contributed by atoms with E-state index in [4.69, 9.17) is 22.2 Å². The fourth-order valence-electron chi connectivity index (χ4n) is 1.40. The zero-order valence-corrected chi connectivity index (χ0v) is 9.88. The maximum Gasteiger partial charge on any atom is 0.137 e. The number of halogens is 1. The molecule has 4 nitrogen and oxygen atoms in total. The number of nitrogens with one attached hydrogen (secondary N) is 1. The summed E-state index contributed by atoms with van der Waals surface area (Å²) in [5.74, 6) is 6.12. The van der Waals surface area contributed by atoms with Gasteiger partial charge in [-0.05, 0) is 31.8 Å². The van der Waals surface area contributed by atoms with E-state index in [0.717, 1.165) is 5.56 Å². The Bertz CT molecular complexity index is 330. The maximum absolute atomic E-state index is 6.02. The Morgan fingerprint density at radius 2 is 2.13 bits per heavy atom. The number of nitrogens with zero attached hydrogens (tertiary/aromatic N) is 1. The molecule has 0 aliphatic heterocycles. The Morgan fingerprint density at radius 1 is 1.47 bits per heavy atom. The highest BCUT2D eigenvalue weighted by atomic mass is 35.5. The van der Waals surface area contributed by atoms with E-state index < -0.39 is 0 Å². The van der Waals surface area contributed by atoms with Crippen LogP contribution in [0.5, 0.6) is 5.75 Å². The first kappa shape index (κ1) is 12.3. The molecule has 0 heterocycles. The largest absolute Gasteiger partial charge is 0.495 e. The second-order valence-electron chi connectivity index (χ2n) is 3.43. The predicted molar refractivity (Wildman–Crippen MR) is 61.8 cm³/mol. The van der Waals surface area contributed by atoms with Gasteiger partial charge in [-0.3, -0.25) is 10.7 Å². The van der Waals surface area contributed by atoms with Gasteiger partial charge in [-0.1, -0.05) is 17.7 Å². The van der Waals surface area contributed by atoms with Gasteiger partial charge < -0.3 is 4.74 Å². The summed E-state index contributed by atoms with van der Waals surface area (Å²) in [5, 5.41) is 0.581. The van der Waals surface area contributed by atoms with Crippen LogP contribution in [0.2, 0.25) is 5.02 Å².